The highest BCUT2D eigenvalue weighted by Crippen LogP contribution is 2.37. The van der Waals surface area contributed by atoms with E-state index in [1.54, 1.807) is 6.33 Å². The van der Waals surface area contributed by atoms with Gasteiger partial charge in [-0.3, -0.25) is 4.79 Å². The van der Waals surface area contributed by atoms with Crippen LogP contribution in [0.5, 0.6) is 0 Å². The molecule has 3 aromatic carbocycles. The average Bonchev–Trinajstić information content (AvgIpc) is 3.34. The number of rotatable bonds is 4. The molecule has 6 nitrogen and oxygen atoms in total. The van der Waals surface area contributed by atoms with Crippen molar-refractivity contribution in [3.05, 3.63) is 108 Å². The molecule has 1 aliphatic rings. The largest absolute Gasteiger partial charge is 0.352 e. The van der Waals surface area contributed by atoms with Crippen molar-refractivity contribution in [2.24, 2.45) is 0 Å². The summed E-state index contributed by atoms with van der Waals surface area (Å²) in [6.45, 7) is 4.48. The minimum atomic E-state index is -0.346. The predicted octanol–water partition coefficient (Wildman–Crippen LogP) is 5.50. The fourth-order valence-corrected chi connectivity index (χ4v) is 4.99. The maximum Gasteiger partial charge on any atom is 0.253 e. The highest BCUT2D eigenvalue weighted by Gasteiger charge is 2.26. The van der Waals surface area contributed by atoms with Gasteiger partial charge in [-0.1, -0.05) is 42.5 Å². The fourth-order valence-electron chi connectivity index (χ4n) is 4.99. The summed E-state index contributed by atoms with van der Waals surface area (Å²) in [5, 5.41) is 0.994. The smallest absolute Gasteiger partial charge is 0.253 e. The van der Waals surface area contributed by atoms with Crippen molar-refractivity contribution in [2.45, 2.75) is 6.92 Å². The third-order valence-electron chi connectivity index (χ3n) is 6.89. The van der Waals surface area contributed by atoms with E-state index in [1.165, 1.54) is 29.8 Å². The number of carbonyl (C=O) groups is 1. The van der Waals surface area contributed by atoms with Gasteiger partial charge in [-0.15, -0.1) is 0 Å². The highest BCUT2D eigenvalue weighted by molar-refractivity contribution is 6.02. The maximum absolute atomic E-state index is 13.3. The third-order valence-corrected chi connectivity index (χ3v) is 6.89. The molecule has 0 atom stereocenters. The van der Waals surface area contributed by atoms with Gasteiger partial charge < -0.3 is 14.4 Å². The Morgan fingerprint density at radius 2 is 1.62 bits per heavy atom. The van der Waals surface area contributed by atoms with Crippen LogP contribution in [0.4, 0.5) is 10.2 Å². The Labute approximate surface area is 214 Å². The van der Waals surface area contributed by atoms with Gasteiger partial charge in [-0.25, -0.2) is 14.4 Å². The zero-order valence-corrected chi connectivity index (χ0v) is 20.5. The summed E-state index contributed by atoms with van der Waals surface area (Å²) in [4.78, 5) is 26.4. The predicted molar refractivity (Wildman–Crippen MR) is 144 cm³/mol. The number of anilines is 1. The second-order valence-electron chi connectivity index (χ2n) is 9.30. The Bertz CT molecular complexity index is 1570. The lowest BCUT2D eigenvalue weighted by Crippen LogP contribution is -2.49. The maximum atomic E-state index is 13.3. The van der Waals surface area contributed by atoms with E-state index >= 15 is 0 Å². The molecule has 0 saturated carbocycles. The van der Waals surface area contributed by atoms with Gasteiger partial charge in [0.2, 0.25) is 0 Å². The molecule has 0 unspecified atom stereocenters. The van der Waals surface area contributed by atoms with Crippen LogP contribution in [0.25, 0.3) is 27.8 Å². The van der Waals surface area contributed by atoms with E-state index in [1.807, 2.05) is 23.1 Å². The number of piperazine rings is 1. The van der Waals surface area contributed by atoms with Crippen molar-refractivity contribution in [1.29, 1.82) is 0 Å². The van der Waals surface area contributed by atoms with E-state index in [0.29, 0.717) is 31.7 Å². The third kappa shape index (κ3) is 4.33. The second kappa shape index (κ2) is 9.50. The molecule has 1 amide bonds. The summed E-state index contributed by atoms with van der Waals surface area (Å²) < 4.78 is 15.4. The minimum absolute atomic E-state index is 0.0805. The van der Waals surface area contributed by atoms with E-state index in [9.17, 15) is 9.18 Å². The lowest BCUT2D eigenvalue weighted by atomic mass is 10.1. The lowest BCUT2D eigenvalue weighted by Gasteiger charge is -2.35. The first kappa shape index (κ1) is 22.9. The topological polar surface area (TPSA) is 54.3 Å². The number of hydrogen-bond acceptors (Lipinski definition) is 4. The molecule has 6 rings (SSSR count). The highest BCUT2D eigenvalue weighted by atomic mass is 19.1. The van der Waals surface area contributed by atoms with Crippen LogP contribution in [0.1, 0.15) is 15.9 Å². The molecule has 0 spiro atoms. The Kier molecular flexibility index (Phi) is 5.88. The van der Waals surface area contributed by atoms with Gasteiger partial charge >= 0.3 is 0 Å². The van der Waals surface area contributed by atoms with Crippen LogP contribution < -0.4 is 4.90 Å². The zero-order valence-electron chi connectivity index (χ0n) is 20.5. The summed E-state index contributed by atoms with van der Waals surface area (Å²) in [6, 6.07) is 24.4. The number of amides is 1. The van der Waals surface area contributed by atoms with Crippen LogP contribution in [0, 0.1) is 12.7 Å². The number of halogens is 1. The van der Waals surface area contributed by atoms with Crippen LogP contribution in [0.3, 0.4) is 0 Å². The van der Waals surface area contributed by atoms with Crippen LogP contribution in [-0.2, 0) is 0 Å². The molecule has 7 heteroatoms. The molecule has 1 aliphatic heterocycles. The molecule has 1 fully saturated rings. The summed E-state index contributed by atoms with van der Waals surface area (Å²) in [5.74, 6) is 0.438. The van der Waals surface area contributed by atoms with Crippen molar-refractivity contribution >= 4 is 22.8 Å². The average molecular weight is 492 g/mol. The summed E-state index contributed by atoms with van der Waals surface area (Å²) >= 11 is 0. The molecule has 3 heterocycles. The van der Waals surface area contributed by atoms with E-state index in [-0.39, 0.29) is 11.7 Å². The number of carbonyl (C=O) groups excluding carboxylic acids is 1. The van der Waals surface area contributed by atoms with Crippen molar-refractivity contribution in [3.63, 3.8) is 0 Å². The quantitative estimate of drug-likeness (QED) is 0.333. The fraction of sp³-hybridized carbons (Fsp3) is 0.167. The van der Waals surface area contributed by atoms with Gasteiger partial charge in [-0.2, -0.15) is 0 Å². The van der Waals surface area contributed by atoms with Crippen molar-refractivity contribution in [2.75, 3.05) is 31.1 Å². The molecule has 5 aromatic rings. The minimum Gasteiger partial charge on any atom is -0.352 e. The number of aryl methyl sites for hydroxylation is 1. The van der Waals surface area contributed by atoms with Gasteiger partial charge in [0.1, 0.15) is 18.0 Å². The normalized spacial score (nSPS) is 13.8. The van der Waals surface area contributed by atoms with E-state index in [4.69, 9.17) is 9.97 Å². The van der Waals surface area contributed by atoms with Gasteiger partial charge in [0.05, 0.1) is 5.39 Å². The molecular formula is C30H26FN5O. The number of aromatic nitrogens is 3. The first-order chi connectivity index (χ1) is 18.1. The number of benzene rings is 3. The van der Waals surface area contributed by atoms with Crippen LogP contribution in [-0.4, -0.2) is 51.5 Å². The van der Waals surface area contributed by atoms with Crippen molar-refractivity contribution in [1.82, 2.24) is 19.4 Å². The zero-order chi connectivity index (χ0) is 25.4. The van der Waals surface area contributed by atoms with E-state index in [0.717, 1.165) is 33.7 Å². The SMILES string of the molecule is Cc1cccc(-n2cc(-c3ccccc3)c3c(N4CCN(C(=O)c5ccc(F)cc5)CC4)ncnc32)c1. The van der Waals surface area contributed by atoms with Gasteiger partial charge in [0, 0.05) is 49.2 Å². The molecule has 1 saturated heterocycles. The molecule has 2 aromatic heterocycles. The molecule has 184 valence electrons. The summed E-state index contributed by atoms with van der Waals surface area (Å²) in [7, 11) is 0. The molecule has 0 N–H and O–H groups in total. The number of hydrogen-bond donors (Lipinski definition) is 0. The van der Waals surface area contributed by atoms with Crippen LogP contribution in [0.2, 0.25) is 0 Å². The summed E-state index contributed by atoms with van der Waals surface area (Å²) in [6.07, 6.45) is 3.76. The van der Waals surface area contributed by atoms with E-state index < -0.39 is 0 Å². The van der Waals surface area contributed by atoms with Gasteiger partial charge in [-0.05, 0) is 54.4 Å². The van der Waals surface area contributed by atoms with Gasteiger partial charge in [0.15, 0.2) is 5.65 Å². The standard InChI is InChI=1S/C30H26FN5O/c1-21-6-5-9-25(18-21)36-19-26(22-7-3-2-4-8-22)27-28(32-20-33-29(27)36)34-14-16-35(17-15-34)30(37)23-10-12-24(31)13-11-23/h2-13,18-20H,14-17H2,1H3. The molecule has 37 heavy (non-hydrogen) atoms. The Morgan fingerprint density at radius 3 is 2.35 bits per heavy atom. The second-order valence-corrected chi connectivity index (χ2v) is 9.30. The number of fused-ring (bicyclic) bond motifs is 1. The number of nitrogens with zero attached hydrogens (tertiary/aromatic N) is 5. The summed E-state index contributed by atoms with van der Waals surface area (Å²) in [5.41, 5.74) is 5.74. The first-order valence-electron chi connectivity index (χ1n) is 12.4. The van der Waals surface area contributed by atoms with Crippen molar-refractivity contribution in [3.8, 4) is 16.8 Å². The Morgan fingerprint density at radius 1 is 0.865 bits per heavy atom. The lowest BCUT2D eigenvalue weighted by molar-refractivity contribution is 0.0746. The Hall–Kier alpha value is -4.52. The molecule has 0 bridgehead atoms. The van der Waals surface area contributed by atoms with Crippen LogP contribution >= 0.6 is 0 Å². The van der Waals surface area contributed by atoms with Crippen LogP contribution in [0.15, 0.2) is 91.4 Å². The Balaban J connectivity index is 1.37. The van der Waals surface area contributed by atoms with Gasteiger partial charge in [0.25, 0.3) is 5.91 Å². The molecular weight excluding hydrogens is 465 g/mol. The molecule has 0 aliphatic carbocycles. The molecule has 0 radical (unpaired) electrons. The first-order valence-corrected chi connectivity index (χ1v) is 12.4. The van der Waals surface area contributed by atoms with E-state index in [2.05, 4.69) is 59.0 Å². The van der Waals surface area contributed by atoms with Crippen molar-refractivity contribution < 1.29 is 9.18 Å². The monoisotopic (exact) mass is 491 g/mol.